The van der Waals surface area contributed by atoms with E-state index < -0.39 is 5.56 Å². The van der Waals surface area contributed by atoms with E-state index in [-0.39, 0.29) is 29.0 Å². The predicted molar refractivity (Wildman–Crippen MR) is 135 cm³/mol. The van der Waals surface area contributed by atoms with E-state index >= 15 is 0 Å². The standard InChI is InChI=1S/C24H23ClN4O5S/c1-28-8-7-13-9-18-20(34-12-33-18)21(32-2)19(13)17(28)11-26-10-16-22(30)27-24(35)29(23(16)31)15-5-3-14(25)4-6-15/h3-6,9-10,17,31H,7-8,11-12H2,1-2H3,(H,27,30,35)/t17-/m1/s1. The van der Waals surface area contributed by atoms with Gasteiger partial charge in [0.2, 0.25) is 18.4 Å². The van der Waals surface area contributed by atoms with E-state index in [2.05, 4.69) is 14.9 Å². The fraction of sp³-hybridized carbons (Fsp3) is 0.292. The second-order valence-electron chi connectivity index (χ2n) is 8.27. The zero-order valence-corrected chi connectivity index (χ0v) is 20.7. The lowest BCUT2D eigenvalue weighted by Gasteiger charge is -2.35. The number of halogens is 1. The van der Waals surface area contributed by atoms with E-state index in [4.69, 9.17) is 38.0 Å². The van der Waals surface area contributed by atoms with Crippen LogP contribution in [0.2, 0.25) is 5.02 Å². The summed E-state index contributed by atoms with van der Waals surface area (Å²) in [6.45, 7) is 1.31. The number of likely N-dealkylation sites (N-methyl/N-ethyl adjacent to an activating group) is 1. The van der Waals surface area contributed by atoms with Crippen LogP contribution in [0.3, 0.4) is 0 Å². The van der Waals surface area contributed by atoms with E-state index in [9.17, 15) is 9.90 Å². The number of aromatic hydroxyl groups is 1. The van der Waals surface area contributed by atoms with Crippen molar-refractivity contribution in [2.45, 2.75) is 12.5 Å². The molecule has 11 heteroatoms. The van der Waals surface area contributed by atoms with Gasteiger partial charge in [-0.2, -0.15) is 0 Å². The second-order valence-corrected chi connectivity index (χ2v) is 9.09. The molecule has 2 aliphatic rings. The lowest BCUT2D eigenvalue weighted by atomic mass is 9.91. The summed E-state index contributed by atoms with van der Waals surface area (Å²) in [6.07, 6.45) is 2.21. The maximum atomic E-state index is 12.6. The molecule has 182 valence electrons. The summed E-state index contributed by atoms with van der Waals surface area (Å²) in [5, 5.41) is 11.4. The van der Waals surface area contributed by atoms with Crippen molar-refractivity contribution in [2.24, 2.45) is 4.99 Å². The van der Waals surface area contributed by atoms with E-state index in [1.54, 1.807) is 31.4 Å². The summed E-state index contributed by atoms with van der Waals surface area (Å²) >= 11 is 11.2. The summed E-state index contributed by atoms with van der Waals surface area (Å²) in [5.74, 6) is 1.61. The molecule has 0 saturated heterocycles. The summed E-state index contributed by atoms with van der Waals surface area (Å²) in [5.41, 5.74) is 2.13. The van der Waals surface area contributed by atoms with E-state index in [1.165, 1.54) is 10.8 Å². The van der Waals surface area contributed by atoms with Gasteiger partial charge < -0.3 is 19.3 Å². The van der Waals surface area contributed by atoms with Crippen molar-refractivity contribution >= 4 is 30.0 Å². The third-order valence-corrected chi connectivity index (χ3v) is 6.79. The molecule has 35 heavy (non-hydrogen) atoms. The molecule has 0 spiro atoms. The van der Waals surface area contributed by atoms with E-state index in [0.29, 0.717) is 34.5 Å². The van der Waals surface area contributed by atoms with Gasteiger partial charge in [0.15, 0.2) is 16.3 Å². The van der Waals surface area contributed by atoms with Gasteiger partial charge in [-0.25, -0.2) is 0 Å². The molecule has 0 amide bonds. The van der Waals surface area contributed by atoms with Crippen molar-refractivity contribution < 1.29 is 19.3 Å². The maximum absolute atomic E-state index is 12.6. The van der Waals surface area contributed by atoms with Crippen LogP contribution in [0.1, 0.15) is 22.7 Å². The Bertz CT molecular complexity index is 1430. The zero-order valence-electron chi connectivity index (χ0n) is 19.1. The Morgan fingerprint density at radius 2 is 2.11 bits per heavy atom. The number of methoxy groups -OCH3 is 1. The minimum absolute atomic E-state index is 0.00453. The van der Waals surface area contributed by atoms with Crippen LogP contribution in [-0.4, -0.2) is 59.8 Å². The average Bonchev–Trinajstić information content (AvgIpc) is 3.30. The predicted octanol–water partition coefficient (Wildman–Crippen LogP) is 3.64. The molecular weight excluding hydrogens is 492 g/mol. The molecular formula is C24H23ClN4O5S. The Morgan fingerprint density at radius 3 is 2.86 bits per heavy atom. The van der Waals surface area contributed by atoms with Gasteiger partial charge in [-0.1, -0.05) is 11.6 Å². The number of fused-ring (bicyclic) bond motifs is 2. The number of benzene rings is 2. The number of rotatable bonds is 5. The lowest BCUT2D eigenvalue weighted by molar-refractivity contribution is 0.170. The molecule has 2 aromatic carbocycles. The Morgan fingerprint density at radius 1 is 1.34 bits per heavy atom. The molecule has 3 heterocycles. The topological polar surface area (TPSA) is 101 Å². The second kappa shape index (κ2) is 9.37. The Kier molecular flexibility index (Phi) is 6.26. The smallest absolute Gasteiger partial charge is 0.264 e. The number of aromatic amines is 1. The van der Waals surface area contributed by atoms with Crippen LogP contribution in [0.5, 0.6) is 23.1 Å². The van der Waals surface area contributed by atoms with Crippen molar-refractivity contribution in [3.05, 3.63) is 67.2 Å². The molecule has 5 rings (SSSR count). The van der Waals surface area contributed by atoms with E-state index in [0.717, 1.165) is 24.1 Å². The van der Waals surface area contributed by atoms with Crippen molar-refractivity contribution in [1.29, 1.82) is 0 Å². The van der Waals surface area contributed by atoms with Gasteiger partial charge in [0.05, 0.1) is 25.4 Å². The number of hydrogen-bond acceptors (Lipinski definition) is 8. The highest BCUT2D eigenvalue weighted by Crippen LogP contribution is 2.49. The molecule has 0 aliphatic carbocycles. The normalized spacial score (nSPS) is 17.1. The van der Waals surface area contributed by atoms with Crippen LogP contribution in [-0.2, 0) is 6.42 Å². The largest absolute Gasteiger partial charge is 0.494 e. The highest BCUT2D eigenvalue weighted by Gasteiger charge is 2.33. The number of aromatic nitrogens is 2. The first-order valence-electron chi connectivity index (χ1n) is 10.9. The molecule has 2 N–H and O–H groups in total. The monoisotopic (exact) mass is 514 g/mol. The van der Waals surface area contributed by atoms with Gasteiger partial charge >= 0.3 is 0 Å². The van der Waals surface area contributed by atoms with Crippen LogP contribution in [0.15, 0.2) is 40.1 Å². The summed E-state index contributed by atoms with van der Waals surface area (Å²) < 4.78 is 18.4. The van der Waals surface area contributed by atoms with Crippen LogP contribution < -0.4 is 19.8 Å². The first kappa shape index (κ1) is 23.4. The van der Waals surface area contributed by atoms with Crippen LogP contribution >= 0.6 is 23.8 Å². The van der Waals surface area contributed by atoms with Crippen molar-refractivity contribution in [2.75, 3.05) is 34.0 Å². The molecule has 0 radical (unpaired) electrons. The fourth-order valence-electron chi connectivity index (χ4n) is 4.48. The number of H-pyrrole nitrogens is 1. The van der Waals surface area contributed by atoms with Crippen LogP contribution in [0.25, 0.3) is 5.69 Å². The molecule has 3 aromatic rings. The van der Waals surface area contributed by atoms with Crippen LogP contribution in [0, 0.1) is 4.77 Å². The van der Waals surface area contributed by atoms with Gasteiger partial charge in [0.1, 0.15) is 5.56 Å². The Hall–Kier alpha value is -3.34. The Labute approximate surface area is 211 Å². The molecule has 1 atom stereocenters. The number of nitrogens with zero attached hydrogens (tertiary/aromatic N) is 3. The molecule has 0 unspecified atom stereocenters. The van der Waals surface area contributed by atoms with Gasteiger partial charge in [-0.05, 0) is 61.6 Å². The fourth-order valence-corrected chi connectivity index (χ4v) is 4.89. The molecule has 0 saturated carbocycles. The first-order valence-corrected chi connectivity index (χ1v) is 11.7. The SMILES string of the molecule is COc1c2c(cc3c1[C@@H](CN=Cc1c(O)n(-c4ccc(Cl)cc4)c(=S)[nH]c1=O)N(C)CC3)OCO2. The average molecular weight is 515 g/mol. The molecule has 0 bridgehead atoms. The maximum Gasteiger partial charge on any atom is 0.264 e. The van der Waals surface area contributed by atoms with E-state index in [1.807, 2.05) is 13.1 Å². The number of aliphatic imine (C=N–C) groups is 1. The van der Waals surface area contributed by atoms with Gasteiger partial charge in [0.25, 0.3) is 5.56 Å². The highest BCUT2D eigenvalue weighted by atomic mass is 35.5. The van der Waals surface area contributed by atoms with Gasteiger partial charge in [-0.15, -0.1) is 0 Å². The number of hydrogen-bond donors (Lipinski definition) is 2. The molecule has 0 fully saturated rings. The first-order chi connectivity index (χ1) is 16.9. The van der Waals surface area contributed by atoms with Gasteiger partial charge in [-0.3, -0.25) is 24.2 Å². The molecule has 9 nitrogen and oxygen atoms in total. The quantitative estimate of drug-likeness (QED) is 0.396. The molecule has 2 aliphatic heterocycles. The van der Waals surface area contributed by atoms with Crippen molar-refractivity contribution in [3.8, 4) is 28.8 Å². The number of ether oxygens (including phenoxy) is 3. The molecule has 1 aromatic heterocycles. The third-order valence-electron chi connectivity index (χ3n) is 6.25. The number of nitrogens with one attached hydrogen (secondary N) is 1. The van der Waals surface area contributed by atoms with Gasteiger partial charge in [0, 0.05) is 23.3 Å². The summed E-state index contributed by atoms with van der Waals surface area (Å²) in [4.78, 5) is 21.9. The van der Waals surface area contributed by atoms with Crippen molar-refractivity contribution in [3.63, 3.8) is 0 Å². The highest BCUT2D eigenvalue weighted by molar-refractivity contribution is 7.71. The lowest BCUT2D eigenvalue weighted by Crippen LogP contribution is -2.34. The zero-order chi connectivity index (χ0) is 24.7. The summed E-state index contributed by atoms with van der Waals surface area (Å²) in [7, 11) is 3.62. The van der Waals surface area contributed by atoms with Crippen LogP contribution in [0.4, 0.5) is 0 Å². The third kappa shape index (κ3) is 4.18. The summed E-state index contributed by atoms with van der Waals surface area (Å²) in [6, 6.07) is 8.61. The minimum Gasteiger partial charge on any atom is -0.494 e. The minimum atomic E-state index is -0.528. The Balaban J connectivity index is 1.50. The van der Waals surface area contributed by atoms with Crippen molar-refractivity contribution in [1.82, 2.24) is 14.5 Å².